The van der Waals surface area contributed by atoms with Crippen molar-refractivity contribution in [3.05, 3.63) is 22.6 Å². The summed E-state index contributed by atoms with van der Waals surface area (Å²) in [5, 5.41) is 5.20. The summed E-state index contributed by atoms with van der Waals surface area (Å²) in [5.41, 5.74) is 5.24. The summed E-state index contributed by atoms with van der Waals surface area (Å²) in [6.45, 7) is 2.08. The largest absolute Gasteiger partial charge is 0.480 e. The number of ether oxygens (including phenoxy) is 1. The molecule has 3 rings (SSSR count). The first-order valence-corrected chi connectivity index (χ1v) is 11.1. The molecular weight excluding hydrogens is 385 g/mol. The zero-order valence-electron chi connectivity index (χ0n) is 15.8. The van der Waals surface area contributed by atoms with E-state index in [9.17, 15) is 9.36 Å². The molecule has 11 heteroatoms. The SMILES string of the molecule is COc1nc(N2CCC(CCP(=O)(O)O)CC2)cc2cnn(CCN)c(=O)c12. The maximum atomic E-state index is 12.6. The Kier molecular flexibility index (Phi) is 6.34. The molecule has 0 atom stereocenters. The van der Waals surface area contributed by atoms with Gasteiger partial charge in [0, 0.05) is 25.0 Å². The third-order valence-electron chi connectivity index (χ3n) is 5.09. The average molecular weight is 411 g/mol. The van der Waals surface area contributed by atoms with Gasteiger partial charge in [0.25, 0.3) is 5.56 Å². The zero-order valence-corrected chi connectivity index (χ0v) is 16.7. The van der Waals surface area contributed by atoms with E-state index in [1.807, 2.05) is 6.07 Å². The molecule has 1 fully saturated rings. The van der Waals surface area contributed by atoms with Crippen molar-refractivity contribution >= 4 is 24.2 Å². The minimum atomic E-state index is -3.95. The van der Waals surface area contributed by atoms with Gasteiger partial charge in [0.2, 0.25) is 5.88 Å². The summed E-state index contributed by atoms with van der Waals surface area (Å²) in [6.07, 6.45) is 3.74. The number of hydrogen-bond acceptors (Lipinski definition) is 7. The van der Waals surface area contributed by atoms with E-state index in [1.54, 1.807) is 6.20 Å². The topological polar surface area (TPSA) is 144 Å². The Morgan fingerprint density at radius 2 is 2.07 bits per heavy atom. The highest BCUT2D eigenvalue weighted by Crippen LogP contribution is 2.38. The predicted octanol–water partition coefficient (Wildman–Crippen LogP) is 0.543. The molecule has 28 heavy (non-hydrogen) atoms. The molecule has 3 heterocycles. The highest BCUT2D eigenvalue weighted by Gasteiger charge is 2.24. The Morgan fingerprint density at radius 1 is 1.36 bits per heavy atom. The van der Waals surface area contributed by atoms with Gasteiger partial charge in [-0.25, -0.2) is 4.68 Å². The van der Waals surface area contributed by atoms with Gasteiger partial charge >= 0.3 is 7.60 Å². The molecule has 2 aromatic rings. The summed E-state index contributed by atoms with van der Waals surface area (Å²) < 4.78 is 17.7. The first-order chi connectivity index (χ1) is 13.3. The normalized spacial score (nSPS) is 15.9. The summed E-state index contributed by atoms with van der Waals surface area (Å²) >= 11 is 0. The molecule has 0 aromatic carbocycles. The highest BCUT2D eigenvalue weighted by atomic mass is 31.2. The van der Waals surface area contributed by atoms with Crippen LogP contribution in [-0.2, 0) is 11.1 Å². The molecular formula is C17H26N5O5P. The molecule has 1 aliphatic rings. The molecule has 4 N–H and O–H groups in total. The van der Waals surface area contributed by atoms with E-state index in [2.05, 4.69) is 15.0 Å². The minimum absolute atomic E-state index is 0.0690. The van der Waals surface area contributed by atoms with Crippen LogP contribution in [0.2, 0.25) is 0 Å². The van der Waals surface area contributed by atoms with E-state index in [0.717, 1.165) is 25.9 Å². The Balaban J connectivity index is 1.80. The van der Waals surface area contributed by atoms with Crippen LogP contribution in [0.1, 0.15) is 19.3 Å². The molecule has 1 aliphatic heterocycles. The second-order valence-corrected chi connectivity index (χ2v) is 8.80. The molecule has 2 aromatic heterocycles. The quantitative estimate of drug-likeness (QED) is 0.556. The minimum Gasteiger partial charge on any atom is -0.480 e. The van der Waals surface area contributed by atoms with Crippen molar-refractivity contribution in [2.75, 3.05) is 37.8 Å². The third kappa shape index (κ3) is 4.70. The average Bonchev–Trinajstić information content (AvgIpc) is 2.67. The van der Waals surface area contributed by atoms with Crippen molar-refractivity contribution in [2.24, 2.45) is 11.7 Å². The number of rotatable bonds is 7. The van der Waals surface area contributed by atoms with Crippen LogP contribution in [0.25, 0.3) is 10.8 Å². The lowest BCUT2D eigenvalue weighted by atomic mass is 9.94. The Morgan fingerprint density at radius 3 is 2.68 bits per heavy atom. The Hall–Kier alpha value is -2.00. The van der Waals surface area contributed by atoms with Gasteiger partial charge in [-0.3, -0.25) is 9.36 Å². The number of anilines is 1. The van der Waals surface area contributed by atoms with Crippen LogP contribution >= 0.6 is 7.60 Å². The zero-order chi connectivity index (χ0) is 20.3. The van der Waals surface area contributed by atoms with Gasteiger partial charge in [0.15, 0.2) is 0 Å². The molecule has 0 spiro atoms. The summed E-state index contributed by atoms with van der Waals surface area (Å²) in [4.78, 5) is 37.3. The van der Waals surface area contributed by atoms with Crippen LogP contribution in [0.3, 0.4) is 0 Å². The summed E-state index contributed by atoms with van der Waals surface area (Å²) in [5.74, 6) is 1.25. The highest BCUT2D eigenvalue weighted by molar-refractivity contribution is 7.51. The summed E-state index contributed by atoms with van der Waals surface area (Å²) in [6, 6.07) is 1.83. The number of hydrogen-bond donors (Lipinski definition) is 3. The van der Waals surface area contributed by atoms with Gasteiger partial charge in [-0.15, -0.1) is 0 Å². The number of pyridine rings is 1. The van der Waals surface area contributed by atoms with Crippen LogP contribution in [0.5, 0.6) is 5.88 Å². The Bertz CT molecular complexity index is 935. The molecule has 1 saturated heterocycles. The number of methoxy groups -OCH3 is 1. The Labute approximate surface area is 162 Å². The second kappa shape index (κ2) is 8.57. The third-order valence-corrected chi connectivity index (χ3v) is 5.93. The number of aromatic nitrogens is 3. The standard InChI is InChI=1S/C17H26N5O5P/c1-27-16-15-13(11-19-22(8-5-18)17(15)23)10-14(20-16)21-6-2-12(3-7-21)4-9-28(24,25)26/h10-12H,2-9,18H2,1H3,(H2,24,25,26). The van der Waals surface area contributed by atoms with Crippen LogP contribution in [0, 0.1) is 5.92 Å². The van der Waals surface area contributed by atoms with E-state index in [0.29, 0.717) is 36.1 Å². The second-order valence-electron chi connectivity index (χ2n) is 7.02. The van der Waals surface area contributed by atoms with Gasteiger partial charge in [-0.05, 0) is 31.2 Å². The van der Waals surface area contributed by atoms with Crippen molar-refractivity contribution < 1.29 is 19.1 Å². The molecule has 0 amide bonds. The van der Waals surface area contributed by atoms with Gasteiger partial charge in [-0.1, -0.05) is 0 Å². The summed E-state index contributed by atoms with van der Waals surface area (Å²) in [7, 11) is -2.47. The first kappa shape index (κ1) is 20.7. The molecule has 0 saturated carbocycles. The van der Waals surface area contributed by atoms with Crippen molar-refractivity contribution in [3.8, 4) is 5.88 Å². The molecule has 154 valence electrons. The van der Waals surface area contributed by atoms with Gasteiger partial charge in [-0.2, -0.15) is 10.1 Å². The lowest BCUT2D eigenvalue weighted by Gasteiger charge is -2.33. The van der Waals surface area contributed by atoms with Crippen molar-refractivity contribution in [1.82, 2.24) is 14.8 Å². The number of fused-ring (bicyclic) bond motifs is 1. The first-order valence-electron chi connectivity index (χ1n) is 9.27. The van der Waals surface area contributed by atoms with E-state index < -0.39 is 7.60 Å². The van der Waals surface area contributed by atoms with Gasteiger partial charge in [0.05, 0.1) is 26.0 Å². The molecule has 0 aliphatic carbocycles. The van der Waals surface area contributed by atoms with Crippen molar-refractivity contribution in [1.29, 1.82) is 0 Å². The monoisotopic (exact) mass is 411 g/mol. The smallest absolute Gasteiger partial charge is 0.325 e. The van der Waals surface area contributed by atoms with E-state index in [1.165, 1.54) is 11.8 Å². The van der Waals surface area contributed by atoms with Crippen molar-refractivity contribution in [2.45, 2.75) is 25.8 Å². The fraction of sp³-hybridized carbons (Fsp3) is 0.588. The van der Waals surface area contributed by atoms with E-state index in [-0.39, 0.29) is 23.5 Å². The maximum Gasteiger partial charge on any atom is 0.325 e. The van der Waals surface area contributed by atoms with Crippen LogP contribution in [0.4, 0.5) is 5.82 Å². The fourth-order valence-electron chi connectivity index (χ4n) is 3.55. The molecule has 0 radical (unpaired) electrons. The molecule has 0 bridgehead atoms. The lowest BCUT2D eigenvalue weighted by molar-refractivity contribution is 0.349. The fourth-order valence-corrected chi connectivity index (χ4v) is 4.25. The van der Waals surface area contributed by atoms with E-state index >= 15 is 0 Å². The van der Waals surface area contributed by atoms with Crippen LogP contribution < -0.4 is 20.9 Å². The van der Waals surface area contributed by atoms with Crippen molar-refractivity contribution in [3.63, 3.8) is 0 Å². The molecule has 0 unspecified atom stereocenters. The van der Waals surface area contributed by atoms with Gasteiger partial charge in [0.1, 0.15) is 11.2 Å². The van der Waals surface area contributed by atoms with Crippen LogP contribution in [0.15, 0.2) is 17.1 Å². The molecule has 10 nitrogen and oxygen atoms in total. The lowest BCUT2D eigenvalue weighted by Crippen LogP contribution is -2.34. The van der Waals surface area contributed by atoms with Gasteiger partial charge < -0.3 is 25.2 Å². The predicted molar refractivity (Wildman–Crippen MR) is 106 cm³/mol. The number of nitrogens with zero attached hydrogens (tertiary/aromatic N) is 4. The number of piperidine rings is 1. The number of nitrogens with two attached hydrogens (primary N) is 1. The van der Waals surface area contributed by atoms with E-state index in [4.69, 9.17) is 20.3 Å². The maximum absolute atomic E-state index is 12.6. The van der Waals surface area contributed by atoms with Crippen LogP contribution in [-0.4, -0.2) is 57.5 Å².